The van der Waals surface area contributed by atoms with Crippen molar-refractivity contribution in [3.63, 3.8) is 0 Å². The lowest BCUT2D eigenvalue weighted by molar-refractivity contribution is -0.137. The van der Waals surface area contributed by atoms with Crippen molar-refractivity contribution >= 4 is 29.1 Å². The summed E-state index contributed by atoms with van der Waals surface area (Å²) in [6.07, 6.45) is -2.06. The second-order valence-corrected chi connectivity index (χ2v) is 9.38. The maximum atomic E-state index is 13.6. The van der Waals surface area contributed by atoms with Gasteiger partial charge in [-0.3, -0.25) is 9.59 Å². The second kappa shape index (κ2) is 9.38. The molecule has 0 saturated carbocycles. The first kappa shape index (κ1) is 23.9. The molecule has 0 fully saturated rings. The number of carbonyl (C=O) groups is 2. The minimum Gasteiger partial charge on any atom is -0.493 e. The number of anilines is 1. The highest BCUT2D eigenvalue weighted by atomic mass is 35.5. The predicted octanol–water partition coefficient (Wildman–Crippen LogP) is 4.10. The maximum absolute atomic E-state index is 13.6. The molecule has 0 aromatic heterocycles. The molecule has 2 amide bonds. The minimum atomic E-state index is -1.07. The van der Waals surface area contributed by atoms with Gasteiger partial charge in [-0.05, 0) is 29.7 Å². The average Bonchev–Trinajstić information content (AvgIpc) is 2.82. The fourth-order valence-electron chi connectivity index (χ4n) is 3.88. The molecule has 32 heavy (non-hydrogen) atoms. The zero-order chi connectivity index (χ0) is 23.6. The summed E-state index contributed by atoms with van der Waals surface area (Å²) < 4.78 is 17.4. The van der Waals surface area contributed by atoms with Gasteiger partial charge < -0.3 is 24.8 Å². The smallest absolute Gasteiger partial charge is 0.256 e. The molecule has 0 radical (unpaired) electrons. The van der Waals surface area contributed by atoms with E-state index in [2.05, 4.69) is 0 Å². The van der Waals surface area contributed by atoms with Gasteiger partial charge in [0, 0.05) is 28.4 Å². The molecule has 2 N–H and O–H groups in total. The number of primary amides is 1. The Morgan fingerprint density at radius 2 is 1.88 bits per heavy atom. The van der Waals surface area contributed by atoms with Crippen LogP contribution < -0.4 is 20.1 Å². The Hall–Kier alpha value is -2.77. The molecular weight excluding hydrogens is 432 g/mol. The molecule has 8 heteroatoms. The Morgan fingerprint density at radius 1 is 1.16 bits per heavy atom. The van der Waals surface area contributed by atoms with Crippen LogP contribution in [0.3, 0.4) is 0 Å². The van der Waals surface area contributed by atoms with Crippen LogP contribution in [0.25, 0.3) is 0 Å². The van der Waals surface area contributed by atoms with Gasteiger partial charge in [0.1, 0.15) is 12.2 Å². The lowest BCUT2D eigenvalue weighted by Gasteiger charge is -2.31. The lowest BCUT2D eigenvalue weighted by Crippen LogP contribution is -2.44. The SMILES string of the molecule is COc1cccc(C2OC(CC(N)=O)C(=O)N(CC(C)(C)C)c3ccc(Cl)cc32)c1OC. The van der Waals surface area contributed by atoms with E-state index < -0.39 is 18.1 Å². The van der Waals surface area contributed by atoms with Gasteiger partial charge in [0.15, 0.2) is 11.5 Å². The predicted molar refractivity (Wildman–Crippen MR) is 123 cm³/mol. The normalized spacial score (nSPS) is 18.7. The number of fused-ring (bicyclic) bond motifs is 1. The Morgan fingerprint density at radius 3 is 2.47 bits per heavy atom. The van der Waals surface area contributed by atoms with E-state index in [1.807, 2.05) is 32.9 Å². The lowest BCUT2D eigenvalue weighted by atomic mass is 9.94. The molecule has 3 rings (SSSR count). The fourth-order valence-corrected chi connectivity index (χ4v) is 4.06. The monoisotopic (exact) mass is 460 g/mol. The average molecular weight is 461 g/mol. The summed E-state index contributed by atoms with van der Waals surface area (Å²) >= 11 is 6.36. The largest absolute Gasteiger partial charge is 0.493 e. The van der Waals surface area contributed by atoms with Gasteiger partial charge in [-0.25, -0.2) is 0 Å². The van der Waals surface area contributed by atoms with Crippen LogP contribution in [-0.2, 0) is 14.3 Å². The minimum absolute atomic E-state index is 0.211. The fraction of sp³-hybridized carbons (Fsp3) is 0.417. The first-order valence-corrected chi connectivity index (χ1v) is 10.7. The van der Waals surface area contributed by atoms with E-state index in [1.165, 1.54) is 7.11 Å². The van der Waals surface area contributed by atoms with Crippen molar-refractivity contribution < 1.29 is 23.8 Å². The zero-order valence-electron chi connectivity index (χ0n) is 19.0. The number of methoxy groups -OCH3 is 2. The van der Waals surface area contributed by atoms with E-state index >= 15 is 0 Å². The van der Waals surface area contributed by atoms with Crippen LogP contribution in [0, 0.1) is 5.41 Å². The van der Waals surface area contributed by atoms with Crippen molar-refractivity contribution in [3.05, 3.63) is 52.5 Å². The van der Waals surface area contributed by atoms with E-state index in [-0.39, 0.29) is 17.7 Å². The maximum Gasteiger partial charge on any atom is 0.256 e. The van der Waals surface area contributed by atoms with Crippen LogP contribution >= 0.6 is 11.6 Å². The molecule has 0 aliphatic carbocycles. The molecule has 1 aliphatic heterocycles. The summed E-state index contributed by atoms with van der Waals surface area (Å²) in [6, 6.07) is 10.7. The number of halogens is 1. The molecular formula is C24H29ClN2O5. The summed E-state index contributed by atoms with van der Waals surface area (Å²) in [6.45, 7) is 6.52. The molecule has 0 bridgehead atoms. The summed E-state index contributed by atoms with van der Waals surface area (Å²) in [5, 5.41) is 0.496. The summed E-state index contributed by atoms with van der Waals surface area (Å²) in [4.78, 5) is 27.0. The van der Waals surface area contributed by atoms with Crippen LogP contribution in [0.1, 0.15) is 44.4 Å². The summed E-state index contributed by atoms with van der Waals surface area (Å²) in [7, 11) is 3.08. The first-order chi connectivity index (χ1) is 15.1. The van der Waals surface area contributed by atoms with Gasteiger partial charge >= 0.3 is 0 Å². The summed E-state index contributed by atoms with van der Waals surface area (Å²) in [5.41, 5.74) is 7.26. The van der Waals surface area contributed by atoms with Gasteiger partial charge in [0.2, 0.25) is 5.91 Å². The highest BCUT2D eigenvalue weighted by Gasteiger charge is 2.39. The molecule has 2 unspecified atom stereocenters. The number of rotatable bonds is 6. The topological polar surface area (TPSA) is 91.1 Å². The van der Waals surface area contributed by atoms with E-state index in [9.17, 15) is 9.59 Å². The Labute approximate surface area is 193 Å². The molecule has 172 valence electrons. The number of para-hydroxylation sites is 1. The van der Waals surface area contributed by atoms with Gasteiger partial charge in [-0.2, -0.15) is 0 Å². The number of amides is 2. The van der Waals surface area contributed by atoms with Crippen molar-refractivity contribution in [2.75, 3.05) is 25.7 Å². The number of hydrogen-bond acceptors (Lipinski definition) is 5. The van der Waals surface area contributed by atoms with E-state index in [4.69, 9.17) is 31.5 Å². The van der Waals surface area contributed by atoms with Gasteiger partial charge in [0.05, 0.1) is 20.6 Å². The zero-order valence-corrected chi connectivity index (χ0v) is 19.7. The Bertz CT molecular complexity index is 1020. The number of carbonyl (C=O) groups excluding carboxylic acids is 2. The van der Waals surface area contributed by atoms with Gasteiger partial charge in [-0.1, -0.05) is 44.5 Å². The number of nitrogens with two attached hydrogens (primary N) is 1. The number of benzene rings is 2. The third-order valence-electron chi connectivity index (χ3n) is 5.14. The van der Waals surface area contributed by atoms with E-state index in [1.54, 1.807) is 36.3 Å². The molecule has 0 spiro atoms. The van der Waals surface area contributed by atoms with Crippen LogP contribution in [0.15, 0.2) is 36.4 Å². The Balaban J connectivity index is 2.27. The van der Waals surface area contributed by atoms with Crippen molar-refractivity contribution in [2.24, 2.45) is 11.1 Å². The summed E-state index contributed by atoms with van der Waals surface area (Å²) in [5.74, 6) is 0.0392. The van der Waals surface area contributed by atoms with Crippen LogP contribution in [0.2, 0.25) is 5.02 Å². The molecule has 2 aromatic carbocycles. The van der Waals surface area contributed by atoms with E-state index in [0.717, 1.165) is 0 Å². The molecule has 2 atom stereocenters. The Kier molecular flexibility index (Phi) is 7.00. The van der Waals surface area contributed by atoms with E-state index in [0.29, 0.717) is 39.9 Å². The first-order valence-electron chi connectivity index (χ1n) is 10.3. The molecule has 2 aromatic rings. The highest BCUT2D eigenvalue weighted by molar-refractivity contribution is 6.30. The third kappa shape index (κ3) is 5.00. The highest BCUT2D eigenvalue weighted by Crippen LogP contribution is 2.45. The van der Waals surface area contributed by atoms with Crippen molar-refractivity contribution in [2.45, 2.75) is 39.4 Å². The quantitative estimate of drug-likeness (QED) is 0.700. The van der Waals surface area contributed by atoms with Crippen molar-refractivity contribution in [3.8, 4) is 11.5 Å². The van der Waals surface area contributed by atoms with Gasteiger partial charge in [0.25, 0.3) is 5.91 Å². The third-order valence-corrected chi connectivity index (χ3v) is 5.37. The molecule has 1 heterocycles. The number of hydrogen-bond donors (Lipinski definition) is 1. The van der Waals surface area contributed by atoms with Crippen molar-refractivity contribution in [1.82, 2.24) is 0 Å². The van der Waals surface area contributed by atoms with Crippen LogP contribution in [0.5, 0.6) is 11.5 Å². The number of nitrogens with zero attached hydrogens (tertiary/aromatic N) is 1. The van der Waals surface area contributed by atoms with Gasteiger partial charge in [-0.15, -0.1) is 0 Å². The molecule has 1 aliphatic rings. The standard InChI is InChI=1S/C24H29ClN2O5/c1-24(2,3)13-27-17-10-9-14(25)11-16(17)21(32-19(23(27)29)12-20(26)28)15-7-6-8-18(30-4)22(15)31-5/h6-11,19,21H,12-13H2,1-5H3,(H2,26,28). The second-order valence-electron chi connectivity index (χ2n) is 8.95. The molecule has 7 nitrogen and oxygen atoms in total. The molecule has 0 saturated heterocycles. The van der Waals surface area contributed by atoms with Crippen LogP contribution in [0.4, 0.5) is 5.69 Å². The number of ether oxygens (including phenoxy) is 3. The van der Waals surface area contributed by atoms with Crippen molar-refractivity contribution in [1.29, 1.82) is 0 Å². The van der Waals surface area contributed by atoms with Crippen LogP contribution in [-0.4, -0.2) is 38.7 Å².